The quantitative estimate of drug-likeness (QED) is 0.354. The van der Waals surface area contributed by atoms with Gasteiger partial charge in [-0.3, -0.25) is 14.9 Å². The average Bonchev–Trinajstić information content (AvgIpc) is 3.46. The van der Waals surface area contributed by atoms with Crippen molar-refractivity contribution >= 4 is 23.8 Å². The lowest BCUT2D eigenvalue weighted by molar-refractivity contribution is -0.202. The summed E-state index contributed by atoms with van der Waals surface area (Å²) in [5.41, 5.74) is 7.15. The lowest BCUT2D eigenvalue weighted by Crippen LogP contribution is -2.60. The number of alkyl halides is 3. The summed E-state index contributed by atoms with van der Waals surface area (Å²) in [6.07, 6.45) is -3.39. The molecule has 202 valence electrons. The first-order valence-electron chi connectivity index (χ1n) is 12.3. The fourth-order valence-corrected chi connectivity index (χ4v) is 5.55. The Bertz CT molecular complexity index is 1220. The molecule has 2 aliphatic rings. The Labute approximate surface area is 217 Å². The SMILES string of the molecule is NC(=O)C1(C2N[C@H](C(=O)OC(=O)C(F)(F)F)CC2NC(=O)CCCc2ccccc2)CCc2ccccc21. The Kier molecular flexibility index (Phi) is 7.86. The molecule has 0 radical (unpaired) electrons. The molecule has 2 aromatic rings. The van der Waals surface area contributed by atoms with Crippen molar-refractivity contribution in [2.75, 3.05) is 0 Å². The molecule has 1 fully saturated rings. The predicted molar refractivity (Wildman–Crippen MR) is 129 cm³/mol. The average molecular weight is 532 g/mol. The molecule has 2 aromatic carbocycles. The maximum absolute atomic E-state index is 13.0. The van der Waals surface area contributed by atoms with E-state index in [1.165, 1.54) is 0 Å². The molecule has 1 aliphatic heterocycles. The second kappa shape index (κ2) is 10.9. The number of rotatable bonds is 8. The third kappa shape index (κ3) is 5.57. The Morgan fingerprint density at radius 2 is 1.74 bits per heavy atom. The molecule has 1 heterocycles. The number of carbonyl (C=O) groups excluding carboxylic acids is 4. The Morgan fingerprint density at radius 1 is 1.05 bits per heavy atom. The highest BCUT2D eigenvalue weighted by Gasteiger charge is 2.57. The predicted octanol–water partition coefficient (Wildman–Crippen LogP) is 2.23. The van der Waals surface area contributed by atoms with Gasteiger partial charge in [0.25, 0.3) is 0 Å². The molecule has 0 bridgehead atoms. The second-order valence-electron chi connectivity index (χ2n) is 9.64. The Hall–Kier alpha value is -3.73. The molecule has 0 saturated carbocycles. The van der Waals surface area contributed by atoms with Gasteiger partial charge in [0.2, 0.25) is 11.8 Å². The van der Waals surface area contributed by atoms with Crippen LogP contribution in [0.4, 0.5) is 13.2 Å². The summed E-state index contributed by atoms with van der Waals surface area (Å²) in [5.74, 6) is -5.11. The minimum Gasteiger partial charge on any atom is -0.385 e. The smallest absolute Gasteiger partial charge is 0.385 e. The van der Waals surface area contributed by atoms with Gasteiger partial charge in [-0.2, -0.15) is 13.2 Å². The van der Waals surface area contributed by atoms with Crippen LogP contribution in [0.1, 0.15) is 42.4 Å². The first-order chi connectivity index (χ1) is 18.0. The van der Waals surface area contributed by atoms with Crippen LogP contribution in [0.25, 0.3) is 0 Å². The normalized spacial score (nSPS) is 24.4. The lowest BCUT2D eigenvalue weighted by Gasteiger charge is -2.37. The van der Waals surface area contributed by atoms with E-state index >= 15 is 0 Å². The van der Waals surface area contributed by atoms with Crippen LogP contribution in [0.2, 0.25) is 0 Å². The molecule has 8 nitrogen and oxygen atoms in total. The highest BCUT2D eigenvalue weighted by molar-refractivity contribution is 5.93. The highest BCUT2D eigenvalue weighted by atomic mass is 19.4. The van der Waals surface area contributed by atoms with Gasteiger partial charge in [0.15, 0.2) is 0 Å². The Balaban J connectivity index is 1.55. The number of primary amides is 1. The van der Waals surface area contributed by atoms with Crippen LogP contribution in [0, 0.1) is 0 Å². The van der Waals surface area contributed by atoms with E-state index in [0.717, 1.165) is 11.1 Å². The summed E-state index contributed by atoms with van der Waals surface area (Å²) in [6.45, 7) is 0. The largest absolute Gasteiger partial charge is 0.491 e. The van der Waals surface area contributed by atoms with Crippen molar-refractivity contribution in [2.45, 2.75) is 68.2 Å². The van der Waals surface area contributed by atoms with Gasteiger partial charge in [0, 0.05) is 18.5 Å². The van der Waals surface area contributed by atoms with Crippen molar-refractivity contribution in [1.82, 2.24) is 10.6 Å². The van der Waals surface area contributed by atoms with Crippen molar-refractivity contribution in [1.29, 1.82) is 0 Å². The van der Waals surface area contributed by atoms with Crippen molar-refractivity contribution in [3.8, 4) is 0 Å². The zero-order chi connectivity index (χ0) is 27.5. The third-order valence-electron chi connectivity index (χ3n) is 7.30. The van der Waals surface area contributed by atoms with E-state index in [-0.39, 0.29) is 25.2 Å². The number of aryl methyl sites for hydroxylation is 2. The summed E-state index contributed by atoms with van der Waals surface area (Å²) >= 11 is 0. The molecular weight excluding hydrogens is 503 g/mol. The molecule has 0 spiro atoms. The topological polar surface area (TPSA) is 128 Å². The summed E-state index contributed by atoms with van der Waals surface area (Å²) in [5, 5.41) is 5.73. The minimum absolute atomic E-state index is 0.153. The third-order valence-corrected chi connectivity index (χ3v) is 7.30. The van der Waals surface area contributed by atoms with Gasteiger partial charge in [0.1, 0.15) is 6.04 Å². The van der Waals surface area contributed by atoms with Crippen LogP contribution >= 0.6 is 0 Å². The summed E-state index contributed by atoms with van der Waals surface area (Å²) in [6, 6.07) is 13.6. The number of esters is 2. The van der Waals surface area contributed by atoms with Crippen molar-refractivity contribution in [2.24, 2.45) is 5.73 Å². The zero-order valence-electron chi connectivity index (χ0n) is 20.4. The first-order valence-corrected chi connectivity index (χ1v) is 12.3. The summed E-state index contributed by atoms with van der Waals surface area (Å²) in [7, 11) is 0. The van der Waals surface area contributed by atoms with E-state index in [1.807, 2.05) is 42.5 Å². The molecule has 11 heteroatoms. The summed E-state index contributed by atoms with van der Waals surface area (Å²) in [4.78, 5) is 49.6. The van der Waals surface area contributed by atoms with Gasteiger partial charge in [-0.1, -0.05) is 54.6 Å². The number of amides is 2. The van der Waals surface area contributed by atoms with Gasteiger partial charge < -0.3 is 15.8 Å². The zero-order valence-corrected chi connectivity index (χ0v) is 20.4. The second-order valence-corrected chi connectivity index (χ2v) is 9.64. The van der Waals surface area contributed by atoms with Crippen molar-refractivity contribution < 1.29 is 37.1 Å². The minimum atomic E-state index is -5.35. The number of carbonyl (C=O) groups is 4. The molecular formula is C27H28F3N3O5. The van der Waals surface area contributed by atoms with Gasteiger partial charge in [-0.15, -0.1) is 0 Å². The molecule has 3 unspecified atom stereocenters. The number of nitrogens with two attached hydrogens (primary N) is 1. The van der Waals surface area contributed by atoms with E-state index in [0.29, 0.717) is 24.8 Å². The molecule has 38 heavy (non-hydrogen) atoms. The maximum Gasteiger partial charge on any atom is 0.491 e. The van der Waals surface area contributed by atoms with Crippen LogP contribution in [0.5, 0.6) is 0 Å². The number of ether oxygens (including phenoxy) is 1. The van der Waals surface area contributed by atoms with E-state index in [1.54, 1.807) is 12.1 Å². The molecule has 2 amide bonds. The van der Waals surface area contributed by atoms with E-state index in [2.05, 4.69) is 15.4 Å². The molecule has 1 aliphatic carbocycles. The highest BCUT2D eigenvalue weighted by Crippen LogP contribution is 2.44. The number of nitrogens with one attached hydrogen (secondary N) is 2. The Morgan fingerprint density at radius 3 is 2.42 bits per heavy atom. The fourth-order valence-electron chi connectivity index (χ4n) is 5.55. The first kappa shape index (κ1) is 27.3. The number of halogens is 3. The number of benzene rings is 2. The number of hydrogen-bond donors (Lipinski definition) is 3. The molecule has 4 atom stereocenters. The van der Waals surface area contributed by atoms with E-state index in [4.69, 9.17) is 5.73 Å². The van der Waals surface area contributed by atoms with Gasteiger partial charge in [-0.05, 0) is 48.8 Å². The van der Waals surface area contributed by atoms with E-state index in [9.17, 15) is 32.3 Å². The summed E-state index contributed by atoms with van der Waals surface area (Å²) < 4.78 is 42.1. The number of fused-ring (bicyclic) bond motifs is 1. The van der Waals surface area contributed by atoms with Crippen LogP contribution in [0.15, 0.2) is 54.6 Å². The molecule has 1 saturated heterocycles. The molecule has 4 N–H and O–H groups in total. The van der Waals surface area contributed by atoms with Gasteiger partial charge in [-0.25, -0.2) is 9.59 Å². The molecule has 4 rings (SSSR count). The number of hydrogen-bond acceptors (Lipinski definition) is 6. The monoisotopic (exact) mass is 531 g/mol. The van der Waals surface area contributed by atoms with Crippen LogP contribution in [0.3, 0.4) is 0 Å². The maximum atomic E-state index is 13.0. The van der Waals surface area contributed by atoms with Gasteiger partial charge >= 0.3 is 18.1 Å². The molecule has 0 aromatic heterocycles. The van der Waals surface area contributed by atoms with Crippen LogP contribution < -0.4 is 16.4 Å². The van der Waals surface area contributed by atoms with Crippen LogP contribution in [-0.2, 0) is 42.2 Å². The fraction of sp³-hybridized carbons (Fsp3) is 0.407. The van der Waals surface area contributed by atoms with Crippen LogP contribution in [-0.4, -0.2) is 48.1 Å². The van der Waals surface area contributed by atoms with Gasteiger partial charge in [0.05, 0.1) is 5.41 Å². The standard InChI is InChI=1S/C27H28F3N3O5/c28-27(29,30)25(37)38-23(35)20-15-19(32-21(34)12-6-9-16-7-2-1-3-8-16)22(33-20)26(24(31)36)14-13-17-10-4-5-11-18(17)26/h1-5,7-8,10-11,19-20,22,33H,6,9,12-15H2,(H2,31,36)(H,32,34)/t19?,20-,22?,26?/m0/s1. The van der Waals surface area contributed by atoms with E-state index < -0.39 is 47.6 Å². The lowest BCUT2D eigenvalue weighted by atomic mass is 9.72. The van der Waals surface area contributed by atoms with Crippen molar-refractivity contribution in [3.63, 3.8) is 0 Å². The van der Waals surface area contributed by atoms with Crippen molar-refractivity contribution in [3.05, 3.63) is 71.3 Å².